The SMILES string of the molecule is CN(CCCCC(C)(C)NC(C)(C)C)C(C)(C)C. The fourth-order valence-electron chi connectivity index (χ4n) is 2.33. The van der Waals surface area contributed by atoms with Gasteiger partial charge in [0.1, 0.15) is 0 Å². The maximum absolute atomic E-state index is 3.70. The first kappa shape index (κ1) is 17.9. The maximum Gasteiger partial charge on any atom is 0.0130 e. The predicted molar refractivity (Wildman–Crippen MR) is 83.2 cm³/mol. The summed E-state index contributed by atoms with van der Waals surface area (Å²) >= 11 is 0. The van der Waals surface area contributed by atoms with E-state index in [4.69, 9.17) is 0 Å². The monoisotopic (exact) mass is 256 g/mol. The highest BCUT2D eigenvalue weighted by Gasteiger charge is 2.23. The molecule has 0 bridgehead atoms. The Morgan fingerprint density at radius 2 is 1.33 bits per heavy atom. The number of rotatable bonds is 6. The Morgan fingerprint density at radius 1 is 0.833 bits per heavy atom. The van der Waals surface area contributed by atoms with Gasteiger partial charge in [-0.2, -0.15) is 0 Å². The smallest absolute Gasteiger partial charge is 0.0130 e. The van der Waals surface area contributed by atoms with Gasteiger partial charge in [-0.05, 0) is 81.8 Å². The summed E-state index contributed by atoms with van der Waals surface area (Å²) in [5, 5.41) is 3.70. The largest absolute Gasteiger partial charge is 0.307 e. The molecule has 0 spiro atoms. The van der Waals surface area contributed by atoms with Crippen LogP contribution in [0.4, 0.5) is 0 Å². The molecular formula is C16H36N2. The van der Waals surface area contributed by atoms with Crippen LogP contribution in [0.2, 0.25) is 0 Å². The van der Waals surface area contributed by atoms with E-state index in [-0.39, 0.29) is 11.1 Å². The lowest BCUT2D eigenvalue weighted by Gasteiger charge is -2.36. The number of nitrogens with one attached hydrogen (secondary N) is 1. The van der Waals surface area contributed by atoms with E-state index in [2.05, 4.69) is 72.7 Å². The standard InChI is InChI=1S/C16H36N2/c1-14(2,3)17-16(7,8)12-10-11-13-18(9)15(4,5)6/h17H,10-13H2,1-9H3. The molecule has 0 fully saturated rings. The molecule has 0 aromatic heterocycles. The molecule has 0 amide bonds. The highest BCUT2D eigenvalue weighted by atomic mass is 15.1. The molecule has 2 nitrogen and oxygen atoms in total. The van der Waals surface area contributed by atoms with Crippen LogP contribution in [-0.2, 0) is 0 Å². The lowest BCUT2D eigenvalue weighted by Crippen LogP contribution is -2.50. The van der Waals surface area contributed by atoms with Crippen molar-refractivity contribution in [2.45, 2.75) is 91.3 Å². The number of hydrogen-bond acceptors (Lipinski definition) is 2. The Kier molecular flexibility index (Phi) is 6.35. The van der Waals surface area contributed by atoms with Gasteiger partial charge in [-0.25, -0.2) is 0 Å². The zero-order valence-electron chi connectivity index (χ0n) is 14.3. The Bertz CT molecular complexity index is 230. The molecule has 0 saturated carbocycles. The molecule has 0 aromatic carbocycles. The van der Waals surface area contributed by atoms with Crippen LogP contribution in [0.5, 0.6) is 0 Å². The molecule has 0 atom stereocenters. The molecule has 0 aliphatic heterocycles. The molecule has 110 valence electrons. The van der Waals surface area contributed by atoms with Gasteiger partial charge in [-0.15, -0.1) is 0 Å². The second-order valence-corrected chi connectivity index (χ2v) is 8.31. The van der Waals surface area contributed by atoms with Crippen LogP contribution in [0, 0.1) is 0 Å². The summed E-state index contributed by atoms with van der Waals surface area (Å²) in [5.41, 5.74) is 0.726. The van der Waals surface area contributed by atoms with E-state index in [1.54, 1.807) is 0 Å². The second-order valence-electron chi connectivity index (χ2n) is 8.31. The van der Waals surface area contributed by atoms with Gasteiger partial charge < -0.3 is 10.2 Å². The molecule has 0 aliphatic rings. The normalized spacial score (nSPS) is 14.3. The Labute approximate surface area is 116 Å². The molecule has 0 aromatic rings. The molecule has 0 aliphatic carbocycles. The Morgan fingerprint density at radius 3 is 1.72 bits per heavy atom. The third-order valence-electron chi connectivity index (χ3n) is 3.40. The first-order valence-electron chi connectivity index (χ1n) is 7.34. The van der Waals surface area contributed by atoms with Crippen molar-refractivity contribution < 1.29 is 0 Å². The third-order valence-corrected chi connectivity index (χ3v) is 3.40. The van der Waals surface area contributed by atoms with E-state index >= 15 is 0 Å². The van der Waals surface area contributed by atoms with Crippen molar-refractivity contribution >= 4 is 0 Å². The summed E-state index contributed by atoms with van der Waals surface area (Å²) in [5.74, 6) is 0. The summed E-state index contributed by atoms with van der Waals surface area (Å²) in [6.07, 6.45) is 3.81. The van der Waals surface area contributed by atoms with Crippen LogP contribution >= 0.6 is 0 Å². The molecule has 18 heavy (non-hydrogen) atoms. The van der Waals surface area contributed by atoms with Crippen molar-refractivity contribution in [1.29, 1.82) is 0 Å². The Balaban J connectivity index is 3.91. The predicted octanol–water partition coefficient (Wildman–Crippen LogP) is 4.05. The van der Waals surface area contributed by atoms with Crippen molar-refractivity contribution in [1.82, 2.24) is 10.2 Å². The summed E-state index contributed by atoms with van der Waals surface area (Å²) in [6, 6.07) is 0. The van der Waals surface area contributed by atoms with Gasteiger partial charge in [0.2, 0.25) is 0 Å². The van der Waals surface area contributed by atoms with E-state index in [1.807, 2.05) is 0 Å². The van der Waals surface area contributed by atoms with Crippen molar-refractivity contribution in [2.24, 2.45) is 0 Å². The quantitative estimate of drug-likeness (QED) is 0.721. The highest BCUT2D eigenvalue weighted by Crippen LogP contribution is 2.18. The second kappa shape index (κ2) is 6.38. The van der Waals surface area contributed by atoms with E-state index in [1.165, 1.54) is 25.8 Å². The summed E-state index contributed by atoms with van der Waals surface area (Å²) in [6.45, 7) is 19.4. The van der Waals surface area contributed by atoms with Crippen LogP contribution in [0.1, 0.15) is 74.7 Å². The van der Waals surface area contributed by atoms with E-state index in [9.17, 15) is 0 Å². The molecule has 2 heteroatoms. The van der Waals surface area contributed by atoms with Gasteiger partial charge >= 0.3 is 0 Å². The summed E-state index contributed by atoms with van der Waals surface area (Å²) < 4.78 is 0. The molecule has 0 rings (SSSR count). The minimum atomic E-state index is 0.200. The fourth-order valence-corrected chi connectivity index (χ4v) is 2.33. The van der Waals surface area contributed by atoms with Crippen LogP contribution in [-0.4, -0.2) is 35.1 Å². The molecule has 0 radical (unpaired) electrons. The van der Waals surface area contributed by atoms with Gasteiger partial charge in [-0.3, -0.25) is 0 Å². The average Bonchev–Trinajstić information content (AvgIpc) is 2.06. The lowest BCUT2D eigenvalue weighted by atomic mass is 9.93. The number of unbranched alkanes of at least 4 members (excludes halogenated alkanes) is 1. The molecule has 0 saturated heterocycles. The molecule has 0 heterocycles. The van der Waals surface area contributed by atoms with Crippen molar-refractivity contribution in [3.8, 4) is 0 Å². The van der Waals surface area contributed by atoms with Gasteiger partial charge in [0.15, 0.2) is 0 Å². The van der Waals surface area contributed by atoms with Crippen molar-refractivity contribution in [2.75, 3.05) is 13.6 Å². The van der Waals surface area contributed by atoms with Crippen LogP contribution in [0.15, 0.2) is 0 Å². The highest BCUT2D eigenvalue weighted by molar-refractivity contribution is 4.85. The summed E-state index contributed by atoms with van der Waals surface area (Å²) in [7, 11) is 2.22. The van der Waals surface area contributed by atoms with Crippen LogP contribution in [0.3, 0.4) is 0 Å². The van der Waals surface area contributed by atoms with Gasteiger partial charge in [-0.1, -0.05) is 6.42 Å². The van der Waals surface area contributed by atoms with Crippen LogP contribution in [0.25, 0.3) is 0 Å². The first-order chi connectivity index (χ1) is 7.83. The van der Waals surface area contributed by atoms with Crippen molar-refractivity contribution in [3.63, 3.8) is 0 Å². The van der Waals surface area contributed by atoms with E-state index < -0.39 is 0 Å². The number of nitrogens with zero attached hydrogens (tertiary/aromatic N) is 1. The number of hydrogen-bond donors (Lipinski definition) is 1. The van der Waals surface area contributed by atoms with E-state index in [0.717, 1.165) is 0 Å². The third kappa shape index (κ3) is 8.93. The zero-order valence-corrected chi connectivity index (χ0v) is 14.3. The first-order valence-corrected chi connectivity index (χ1v) is 7.34. The van der Waals surface area contributed by atoms with E-state index in [0.29, 0.717) is 5.54 Å². The summed E-state index contributed by atoms with van der Waals surface area (Å²) in [4.78, 5) is 2.44. The van der Waals surface area contributed by atoms with Gasteiger partial charge in [0.05, 0.1) is 0 Å². The average molecular weight is 256 g/mol. The fraction of sp³-hybridized carbons (Fsp3) is 1.00. The Hall–Kier alpha value is -0.0800. The molecular weight excluding hydrogens is 220 g/mol. The van der Waals surface area contributed by atoms with Gasteiger partial charge in [0, 0.05) is 16.6 Å². The minimum absolute atomic E-state index is 0.200. The maximum atomic E-state index is 3.70. The molecule has 1 N–H and O–H groups in total. The lowest BCUT2D eigenvalue weighted by molar-refractivity contribution is 0.169. The van der Waals surface area contributed by atoms with Gasteiger partial charge in [0.25, 0.3) is 0 Å². The molecule has 0 unspecified atom stereocenters. The topological polar surface area (TPSA) is 15.3 Å². The minimum Gasteiger partial charge on any atom is -0.307 e. The van der Waals surface area contributed by atoms with Crippen molar-refractivity contribution in [3.05, 3.63) is 0 Å². The zero-order chi connectivity index (χ0) is 14.6. The van der Waals surface area contributed by atoms with Crippen LogP contribution < -0.4 is 5.32 Å².